The number of rotatable bonds is 4. The maximum Gasteiger partial charge on any atom is 0.256 e. The number of nitrogens with zero attached hydrogens (tertiary/aromatic N) is 4. The van der Waals surface area contributed by atoms with E-state index in [1.165, 1.54) is 5.56 Å². The average Bonchev–Trinajstić information content (AvgIpc) is 2.78. The van der Waals surface area contributed by atoms with Crippen molar-refractivity contribution >= 4 is 5.69 Å². The van der Waals surface area contributed by atoms with Crippen LogP contribution in [-0.4, -0.2) is 26.7 Å². The lowest BCUT2D eigenvalue weighted by molar-refractivity contribution is 0.393. The summed E-state index contributed by atoms with van der Waals surface area (Å²) < 4.78 is 8.71. The number of aryl methyl sites for hydroxylation is 3. The van der Waals surface area contributed by atoms with Crippen LogP contribution < -0.4 is 10.1 Å². The molecular formula is C11H17N5O. The molecule has 0 amide bonds. The Morgan fingerprint density at radius 3 is 2.53 bits per heavy atom. The van der Waals surface area contributed by atoms with Gasteiger partial charge < -0.3 is 10.1 Å². The summed E-state index contributed by atoms with van der Waals surface area (Å²) in [5.41, 5.74) is 3.08. The first-order chi connectivity index (χ1) is 8.10. The molecule has 17 heavy (non-hydrogen) atoms. The number of methoxy groups -OCH3 is 1. The summed E-state index contributed by atoms with van der Waals surface area (Å²) in [6.07, 6.45) is 3.90. The summed E-state index contributed by atoms with van der Waals surface area (Å²) in [5, 5.41) is 11.8. The van der Waals surface area contributed by atoms with Crippen molar-refractivity contribution in [3.63, 3.8) is 0 Å². The molecule has 2 aromatic rings. The molecule has 0 unspecified atom stereocenters. The third-order valence-electron chi connectivity index (χ3n) is 2.57. The normalized spacial score (nSPS) is 10.6. The molecular weight excluding hydrogens is 218 g/mol. The Kier molecular flexibility index (Phi) is 3.03. The van der Waals surface area contributed by atoms with Crippen molar-refractivity contribution in [1.82, 2.24) is 19.6 Å². The van der Waals surface area contributed by atoms with Crippen molar-refractivity contribution < 1.29 is 4.74 Å². The van der Waals surface area contributed by atoms with Gasteiger partial charge in [0.05, 0.1) is 19.0 Å². The van der Waals surface area contributed by atoms with E-state index in [9.17, 15) is 0 Å². The molecule has 0 aliphatic heterocycles. The molecule has 0 spiro atoms. The molecule has 2 aromatic heterocycles. The molecule has 6 heteroatoms. The summed E-state index contributed by atoms with van der Waals surface area (Å²) in [6, 6.07) is 0. The Bertz CT molecular complexity index is 514. The lowest BCUT2D eigenvalue weighted by Crippen LogP contribution is -2.00. The Morgan fingerprint density at radius 2 is 1.94 bits per heavy atom. The Labute approximate surface area is 100 Å². The molecule has 0 aliphatic rings. The lowest BCUT2D eigenvalue weighted by atomic mass is 10.2. The number of anilines is 1. The molecule has 0 aromatic carbocycles. The van der Waals surface area contributed by atoms with Crippen LogP contribution in [0, 0.1) is 6.92 Å². The van der Waals surface area contributed by atoms with E-state index in [-0.39, 0.29) is 0 Å². The van der Waals surface area contributed by atoms with E-state index in [0.29, 0.717) is 12.4 Å². The molecule has 0 radical (unpaired) electrons. The highest BCUT2D eigenvalue weighted by Gasteiger charge is 2.08. The van der Waals surface area contributed by atoms with Gasteiger partial charge in [0.15, 0.2) is 0 Å². The minimum atomic E-state index is 0.606. The van der Waals surface area contributed by atoms with Gasteiger partial charge >= 0.3 is 0 Å². The van der Waals surface area contributed by atoms with Crippen LogP contribution in [0.25, 0.3) is 0 Å². The van der Waals surface area contributed by atoms with Crippen LogP contribution in [0.5, 0.6) is 5.88 Å². The predicted octanol–water partition coefficient (Wildman–Crippen LogP) is 1.08. The van der Waals surface area contributed by atoms with E-state index in [2.05, 4.69) is 15.5 Å². The second-order valence-electron chi connectivity index (χ2n) is 3.99. The number of hydrogen-bond donors (Lipinski definition) is 1. The van der Waals surface area contributed by atoms with Crippen LogP contribution in [0.15, 0.2) is 12.4 Å². The quantitative estimate of drug-likeness (QED) is 0.861. The van der Waals surface area contributed by atoms with Crippen molar-refractivity contribution in [3.05, 3.63) is 23.7 Å². The molecule has 0 saturated carbocycles. The fourth-order valence-electron chi connectivity index (χ4n) is 1.75. The van der Waals surface area contributed by atoms with Crippen LogP contribution >= 0.6 is 0 Å². The van der Waals surface area contributed by atoms with Crippen LogP contribution in [0.4, 0.5) is 5.69 Å². The van der Waals surface area contributed by atoms with E-state index in [4.69, 9.17) is 4.74 Å². The number of aromatic nitrogens is 4. The first kappa shape index (κ1) is 11.5. The summed E-state index contributed by atoms with van der Waals surface area (Å²) in [5.74, 6) is 0.606. The van der Waals surface area contributed by atoms with Gasteiger partial charge in [-0.05, 0) is 6.92 Å². The summed E-state index contributed by atoms with van der Waals surface area (Å²) >= 11 is 0. The van der Waals surface area contributed by atoms with Crippen molar-refractivity contribution in [3.8, 4) is 5.88 Å². The largest absolute Gasteiger partial charge is 0.478 e. The standard InChI is InChI=1S/C11H17N5O/c1-8-9(6-15(2)13-8)5-12-10-7-16(3)14-11(10)17-4/h6-7,12H,5H2,1-4H3. The van der Waals surface area contributed by atoms with E-state index in [1.807, 2.05) is 38.1 Å². The van der Waals surface area contributed by atoms with Gasteiger partial charge in [-0.25, -0.2) is 0 Å². The van der Waals surface area contributed by atoms with Gasteiger partial charge in [0.2, 0.25) is 0 Å². The van der Waals surface area contributed by atoms with Gasteiger partial charge in [0.25, 0.3) is 5.88 Å². The summed E-state index contributed by atoms with van der Waals surface area (Å²) in [7, 11) is 5.40. The highest BCUT2D eigenvalue weighted by molar-refractivity contribution is 5.51. The van der Waals surface area contributed by atoms with E-state index < -0.39 is 0 Å². The monoisotopic (exact) mass is 235 g/mol. The van der Waals surface area contributed by atoms with Crippen LogP contribution in [0.3, 0.4) is 0 Å². The predicted molar refractivity (Wildman–Crippen MR) is 65.0 cm³/mol. The van der Waals surface area contributed by atoms with Gasteiger partial charge in [-0.2, -0.15) is 5.10 Å². The lowest BCUT2D eigenvalue weighted by Gasteiger charge is -2.04. The maximum atomic E-state index is 5.17. The zero-order valence-corrected chi connectivity index (χ0v) is 10.6. The van der Waals surface area contributed by atoms with Crippen molar-refractivity contribution in [1.29, 1.82) is 0 Å². The van der Waals surface area contributed by atoms with Crippen molar-refractivity contribution in [2.24, 2.45) is 14.1 Å². The van der Waals surface area contributed by atoms with Crippen LogP contribution in [-0.2, 0) is 20.6 Å². The second kappa shape index (κ2) is 4.48. The first-order valence-corrected chi connectivity index (χ1v) is 5.40. The minimum absolute atomic E-state index is 0.606. The van der Waals surface area contributed by atoms with E-state index in [0.717, 1.165) is 11.4 Å². The van der Waals surface area contributed by atoms with Gasteiger partial charge in [-0.15, -0.1) is 5.10 Å². The van der Waals surface area contributed by atoms with Crippen molar-refractivity contribution in [2.75, 3.05) is 12.4 Å². The zero-order valence-electron chi connectivity index (χ0n) is 10.6. The Morgan fingerprint density at radius 1 is 1.24 bits per heavy atom. The van der Waals surface area contributed by atoms with Gasteiger partial charge in [0, 0.05) is 32.4 Å². The van der Waals surface area contributed by atoms with Gasteiger partial charge in [-0.1, -0.05) is 0 Å². The highest BCUT2D eigenvalue weighted by Crippen LogP contribution is 2.21. The van der Waals surface area contributed by atoms with E-state index in [1.54, 1.807) is 11.8 Å². The number of ether oxygens (including phenoxy) is 1. The molecule has 0 bridgehead atoms. The summed E-state index contributed by atoms with van der Waals surface area (Å²) in [6.45, 7) is 2.71. The maximum absolute atomic E-state index is 5.17. The molecule has 6 nitrogen and oxygen atoms in total. The van der Waals surface area contributed by atoms with Crippen LogP contribution in [0.2, 0.25) is 0 Å². The number of hydrogen-bond acceptors (Lipinski definition) is 4. The third-order valence-corrected chi connectivity index (χ3v) is 2.57. The summed E-state index contributed by atoms with van der Waals surface area (Å²) in [4.78, 5) is 0. The molecule has 0 atom stereocenters. The fourth-order valence-corrected chi connectivity index (χ4v) is 1.75. The fraction of sp³-hybridized carbons (Fsp3) is 0.455. The Balaban J connectivity index is 2.09. The molecule has 1 N–H and O–H groups in total. The Hall–Kier alpha value is -1.98. The molecule has 0 fully saturated rings. The molecule has 0 saturated heterocycles. The van der Waals surface area contributed by atoms with Crippen molar-refractivity contribution in [2.45, 2.75) is 13.5 Å². The molecule has 2 heterocycles. The first-order valence-electron chi connectivity index (χ1n) is 5.40. The molecule has 92 valence electrons. The third kappa shape index (κ3) is 2.41. The second-order valence-corrected chi connectivity index (χ2v) is 3.99. The smallest absolute Gasteiger partial charge is 0.256 e. The van der Waals surface area contributed by atoms with Gasteiger partial charge in [-0.3, -0.25) is 9.36 Å². The number of nitrogens with one attached hydrogen (secondary N) is 1. The molecule has 2 rings (SSSR count). The van der Waals surface area contributed by atoms with Gasteiger partial charge in [0.1, 0.15) is 5.69 Å². The average molecular weight is 235 g/mol. The zero-order chi connectivity index (χ0) is 12.4. The minimum Gasteiger partial charge on any atom is -0.478 e. The highest BCUT2D eigenvalue weighted by atomic mass is 16.5. The molecule has 0 aliphatic carbocycles. The topological polar surface area (TPSA) is 56.9 Å². The SMILES string of the molecule is COc1nn(C)cc1NCc1cn(C)nc1C. The van der Waals surface area contributed by atoms with Crippen LogP contribution in [0.1, 0.15) is 11.3 Å². The van der Waals surface area contributed by atoms with E-state index >= 15 is 0 Å².